The average Bonchev–Trinajstić information content (AvgIpc) is 3.24. The number of halogens is 2. The predicted molar refractivity (Wildman–Crippen MR) is 81.6 cm³/mol. The molecule has 2 unspecified atom stereocenters. The van der Waals surface area contributed by atoms with Gasteiger partial charge in [0.25, 0.3) is 0 Å². The molecule has 0 radical (unpaired) electrons. The van der Waals surface area contributed by atoms with Crippen LogP contribution in [0.5, 0.6) is 0 Å². The number of rotatable bonds is 4. The summed E-state index contributed by atoms with van der Waals surface area (Å²) in [7, 11) is 0. The van der Waals surface area contributed by atoms with Gasteiger partial charge in [-0.3, -0.25) is 0 Å². The summed E-state index contributed by atoms with van der Waals surface area (Å²) < 4.78 is 7.08. The summed E-state index contributed by atoms with van der Waals surface area (Å²) in [6.45, 7) is 1.88. The van der Waals surface area contributed by atoms with Crippen molar-refractivity contribution in [2.75, 3.05) is 13.2 Å². The van der Waals surface area contributed by atoms with E-state index in [-0.39, 0.29) is 6.10 Å². The minimum absolute atomic E-state index is 0.130. The topological polar surface area (TPSA) is 21.3 Å². The molecular weight excluding hydrogens is 326 g/mol. The second-order valence-electron chi connectivity index (χ2n) is 5.54. The smallest absolute Gasteiger partial charge is 0.0879 e. The van der Waals surface area contributed by atoms with Crippen molar-refractivity contribution in [2.24, 2.45) is 5.92 Å². The summed E-state index contributed by atoms with van der Waals surface area (Å²) >= 11 is 9.87. The summed E-state index contributed by atoms with van der Waals surface area (Å²) in [5.74, 6) is 0.529. The predicted octanol–water partition coefficient (Wildman–Crippen LogP) is 4.32. The molecule has 0 amide bonds. The van der Waals surface area contributed by atoms with Gasteiger partial charge < -0.3 is 10.1 Å². The Bertz CT molecular complexity index is 450. The monoisotopic (exact) mass is 343 g/mol. The first-order valence-corrected chi connectivity index (χ1v) is 8.21. The van der Waals surface area contributed by atoms with Crippen molar-refractivity contribution in [3.63, 3.8) is 0 Å². The zero-order valence-corrected chi connectivity index (χ0v) is 13.2. The van der Waals surface area contributed by atoms with Crippen molar-refractivity contribution in [1.82, 2.24) is 5.32 Å². The molecule has 19 heavy (non-hydrogen) atoms. The Morgan fingerprint density at radius 2 is 2.16 bits per heavy atom. The quantitative estimate of drug-likeness (QED) is 0.878. The standard InChI is InChI=1S/C15H19BrClNO/c16-11-3-6-14(17)13(8-11)15-10(2-1-7-19-15)9-18-12-4-5-12/h3,6,8,10,12,15,18H,1-2,4-5,7,9H2. The molecule has 1 aromatic rings. The van der Waals surface area contributed by atoms with Crippen molar-refractivity contribution in [3.8, 4) is 0 Å². The highest BCUT2D eigenvalue weighted by molar-refractivity contribution is 9.10. The third-order valence-electron chi connectivity index (χ3n) is 3.96. The van der Waals surface area contributed by atoms with E-state index in [9.17, 15) is 0 Å². The number of ether oxygens (including phenoxy) is 1. The molecule has 1 saturated heterocycles. The summed E-state index contributed by atoms with van der Waals surface area (Å²) in [4.78, 5) is 0. The van der Waals surface area contributed by atoms with Gasteiger partial charge in [-0.2, -0.15) is 0 Å². The molecule has 1 saturated carbocycles. The molecule has 1 aliphatic carbocycles. The second kappa shape index (κ2) is 6.13. The van der Waals surface area contributed by atoms with Crippen molar-refractivity contribution in [2.45, 2.75) is 37.8 Å². The highest BCUT2D eigenvalue weighted by atomic mass is 79.9. The molecule has 3 rings (SSSR count). The molecule has 104 valence electrons. The maximum atomic E-state index is 6.35. The van der Waals surface area contributed by atoms with Gasteiger partial charge in [0, 0.05) is 40.2 Å². The lowest BCUT2D eigenvalue weighted by Crippen LogP contribution is -2.33. The lowest BCUT2D eigenvalue weighted by Gasteiger charge is -2.33. The van der Waals surface area contributed by atoms with Crippen LogP contribution in [0.2, 0.25) is 5.02 Å². The van der Waals surface area contributed by atoms with Crippen LogP contribution in [0.25, 0.3) is 0 Å². The fourth-order valence-corrected chi connectivity index (χ4v) is 3.34. The SMILES string of the molecule is Clc1ccc(Br)cc1C1OCCCC1CNC1CC1. The summed E-state index contributed by atoms with van der Waals surface area (Å²) in [6.07, 6.45) is 5.16. The van der Waals surface area contributed by atoms with Gasteiger partial charge in [-0.25, -0.2) is 0 Å². The summed E-state index contributed by atoms with van der Waals surface area (Å²) in [6, 6.07) is 6.78. The fraction of sp³-hybridized carbons (Fsp3) is 0.600. The van der Waals surface area contributed by atoms with Gasteiger partial charge in [0.2, 0.25) is 0 Å². The van der Waals surface area contributed by atoms with E-state index in [1.807, 2.05) is 12.1 Å². The number of hydrogen-bond acceptors (Lipinski definition) is 2. The van der Waals surface area contributed by atoms with Crippen LogP contribution < -0.4 is 5.32 Å². The Hall–Kier alpha value is -0.0900. The van der Waals surface area contributed by atoms with Gasteiger partial charge >= 0.3 is 0 Å². The van der Waals surface area contributed by atoms with Gasteiger partial charge in [0.15, 0.2) is 0 Å². The first-order valence-electron chi connectivity index (χ1n) is 7.04. The number of benzene rings is 1. The first kappa shape index (κ1) is 13.9. The Balaban J connectivity index is 1.75. The van der Waals surface area contributed by atoms with Crippen LogP contribution in [-0.4, -0.2) is 19.2 Å². The largest absolute Gasteiger partial charge is 0.373 e. The third-order valence-corrected chi connectivity index (χ3v) is 4.79. The highest BCUT2D eigenvalue weighted by Gasteiger charge is 2.31. The minimum Gasteiger partial charge on any atom is -0.373 e. The fourth-order valence-electron chi connectivity index (χ4n) is 2.73. The molecule has 2 fully saturated rings. The van der Waals surface area contributed by atoms with E-state index in [2.05, 4.69) is 27.3 Å². The van der Waals surface area contributed by atoms with E-state index in [0.29, 0.717) is 5.92 Å². The van der Waals surface area contributed by atoms with Crippen molar-refractivity contribution < 1.29 is 4.74 Å². The zero-order chi connectivity index (χ0) is 13.2. The van der Waals surface area contributed by atoms with E-state index in [4.69, 9.17) is 16.3 Å². The lowest BCUT2D eigenvalue weighted by atomic mass is 9.89. The van der Waals surface area contributed by atoms with Crippen LogP contribution in [0, 0.1) is 5.92 Å². The average molecular weight is 345 g/mol. The number of nitrogens with one attached hydrogen (secondary N) is 1. The Labute approximate surface area is 128 Å². The minimum atomic E-state index is 0.130. The molecule has 2 atom stereocenters. The van der Waals surface area contributed by atoms with Crippen molar-refractivity contribution in [3.05, 3.63) is 33.3 Å². The van der Waals surface area contributed by atoms with Crippen molar-refractivity contribution in [1.29, 1.82) is 0 Å². The van der Waals surface area contributed by atoms with Gasteiger partial charge in [0.1, 0.15) is 0 Å². The lowest BCUT2D eigenvalue weighted by molar-refractivity contribution is -0.0278. The third kappa shape index (κ3) is 3.52. The Kier molecular flexibility index (Phi) is 4.47. The molecule has 4 heteroatoms. The maximum Gasteiger partial charge on any atom is 0.0879 e. The molecule has 2 aliphatic rings. The molecule has 1 aromatic carbocycles. The molecular formula is C15H19BrClNO. The van der Waals surface area contributed by atoms with Crippen LogP contribution in [0.1, 0.15) is 37.4 Å². The Morgan fingerprint density at radius 3 is 2.95 bits per heavy atom. The molecule has 1 heterocycles. The molecule has 1 N–H and O–H groups in total. The molecule has 0 aromatic heterocycles. The van der Waals surface area contributed by atoms with Gasteiger partial charge in [-0.15, -0.1) is 0 Å². The highest BCUT2D eigenvalue weighted by Crippen LogP contribution is 2.38. The van der Waals surface area contributed by atoms with Crippen LogP contribution in [0.4, 0.5) is 0 Å². The Morgan fingerprint density at radius 1 is 1.32 bits per heavy atom. The normalized spacial score (nSPS) is 27.5. The van der Waals surface area contributed by atoms with E-state index in [0.717, 1.165) is 40.7 Å². The molecule has 0 bridgehead atoms. The van der Waals surface area contributed by atoms with Crippen LogP contribution >= 0.6 is 27.5 Å². The summed E-state index contributed by atoms with van der Waals surface area (Å²) in [5, 5.41) is 4.44. The van der Waals surface area contributed by atoms with E-state index < -0.39 is 0 Å². The number of hydrogen-bond donors (Lipinski definition) is 1. The van der Waals surface area contributed by atoms with E-state index >= 15 is 0 Å². The second-order valence-corrected chi connectivity index (χ2v) is 6.86. The van der Waals surface area contributed by atoms with E-state index in [1.54, 1.807) is 0 Å². The maximum absolute atomic E-state index is 6.35. The molecule has 0 spiro atoms. The van der Waals surface area contributed by atoms with Crippen LogP contribution in [-0.2, 0) is 4.74 Å². The van der Waals surface area contributed by atoms with Crippen molar-refractivity contribution >= 4 is 27.5 Å². The van der Waals surface area contributed by atoms with Gasteiger partial charge in [-0.05, 0) is 43.9 Å². The van der Waals surface area contributed by atoms with Gasteiger partial charge in [0.05, 0.1) is 6.10 Å². The van der Waals surface area contributed by atoms with Crippen LogP contribution in [0.3, 0.4) is 0 Å². The summed E-state index contributed by atoms with van der Waals surface area (Å²) in [5.41, 5.74) is 1.12. The van der Waals surface area contributed by atoms with Gasteiger partial charge in [-0.1, -0.05) is 27.5 Å². The molecule has 1 aliphatic heterocycles. The van der Waals surface area contributed by atoms with E-state index in [1.165, 1.54) is 19.3 Å². The first-order chi connectivity index (χ1) is 9.24. The van der Waals surface area contributed by atoms with Crippen LogP contribution in [0.15, 0.2) is 22.7 Å². The zero-order valence-electron chi connectivity index (χ0n) is 10.9. The molecule has 2 nitrogen and oxygen atoms in total.